The number of benzene rings is 2. The number of anilines is 2. The third-order valence-electron chi connectivity index (χ3n) is 3.17. The maximum absolute atomic E-state index is 12.2. The van der Waals surface area contributed by atoms with Crippen molar-refractivity contribution in [2.75, 3.05) is 11.5 Å². The summed E-state index contributed by atoms with van der Waals surface area (Å²) in [7, 11) is 0. The first-order chi connectivity index (χ1) is 10.8. The van der Waals surface area contributed by atoms with Gasteiger partial charge in [-0.25, -0.2) is 4.98 Å². The molecule has 0 aliphatic rings. The van der Waals surface area contributed by atoms with Crippen molar-refractivity contribution in [2.24, 2.45) is 0 Å². The fourth-order valence-corrected chi connectivity index (χ4v) is 2.31. The van der Waals surface area contributed by atoms with E-state index in [4.69, 9.17) is 11.5 Å². The minimum Gasteiger partial charge on any atom is -0.406 e. The molecule has 23 heavy (non-hydrogen) atoms. The lowest BCUT2D eigenvalue weighted by atomic mass is 10.0. The van der Waals surface area contributed by atoms with Gasteiger partial charge in [0.15, 0.2) is 0 Å². The summed E-state index contributed by atoms with van der Waals surface area (Å²) < 4.78 is 40.4. The Labute approximate surface area is 128 Å². The van der Waals surface area contributed by atoms with Crippen LogP contribution < -0.4 is 16.2 Å². The molecule has 0 unspecified atom stereocenters. The van der Waals surface area contributed by atoms with Gasteiger partial charge in [-0.3, -0.25) is 0 Å². The predicted molar refractivity (Wildman–Crippen MR) is 80.5 cm³/mol. The molecule has 0 saturated heterocycles. The van der Waals surface area contributed by atoms with Crippen LogP contribution in [0.25, 0.3) is 22.0 Å². The molecule has 3 aromatic rings. The van der Waals surface area contributed by atoms with E-state index in [9.17, 15) is 13.2 Å². The number of nitrogens with two attached hydrogens (primary N) is 2. The van der Waals surface area contributed by atoms with Crippen molar-refractivity contribution >= 4 is 22.7 Å². The second-order valence-corrected chi connectivity index (χ2v) is 4.74. The molecule has 4 N–H and O–H groups in total. The van der Waals surface area contributed by atoms with Crippen LogP contribution in [0.1, 0.15) is 0 Å². The summed E-state index contributed by atoms with van der Waals surface area (Å²) in [5.41, 5.74) is 13.4. The Kier molecular flexibility index (Phi) is 3.44. The van der Waals surface area contributed by atoms with Gasteiger partial charge in [-0.15, -0.1) is 13.2 Å². The molecule has 3 rings (SSSR count). The molecule has 0 aliphatic heterocycles. The zero-order chi connectivity index (χ0) is 16.6. The number of nitrogen functional groups attached to an aromatic ring is 2. The highest BCUT2D eigenvalue weighted by atomic mass is 19.4. The highest BCUT2D eigenvalue weighted by Gasteiger charge is 2.31. The van der Waals surface area contributed by atoms with Crippen LogP contribution >= 0.6 is 0 Å². The molecule has 0 radical (unpaired) electrons. The lowest BCUT2D eigenvalue weighted by Gasteiger charge is -2.11. The minimum absolute atomic E-state index is 0.0566. The second-order valence-electron chi connectivity index (χ2n) is 4.74. The number of fused-ring (bicyclic) bond motifs is 1. The van der Waals surface area contributed by atoms with E-state index in [2.05, 4.69) is 14.7 Å². The van der Waals surface area contributed by atoms with E-state index < -0.39 is 6.36 Å². The summed E-state index contributed by atoms with van der Waals surface area (Å²) in [4.78, 5) is 8.03. The van der Waals surface area contributed by atoms with Crippen LogP contribution in [0.5, 0.6) is 5.75 Å². The van der Waals surface area contributed by atoms with Crippen molar-refractivity contribution in [1.29, 1.82) is 0 Å². The predicted octanol–water partition coefficient (Wildman–Crippen LogP) is 3.36. The Balaban J connectivity index is 2.07. The van der Waals surface area contributed by atoms with Gasteiger partial charge < -0.3 is 16.2 Å². The maximum atomic E-state index is 12.2. The van der Waals surface area contributed by atoms with Crippen LogP contribution in [0.2, 0.25) is 0 Å². The molecule has 1 heterocycles. The molecule has 0 atom stereocenters. The smallest absolute Gasteiger partial charge is 0.406 e. The summed E-state index contributed by atoms with van der Waals surface area (Å²) >= 11 is 0. The zero-order valence-corrected chi connectivity index (χ0v) is 11.6. The topological polar surface area (TPSA) is 87.0 Å². The molecule has 0 aliphatic carbocycles. The van der Waals surface area contributed by atoms with E-state index in [1.165, 1.54) is 24.3 Å². The van der Waals surface area contributed by atoms with Gasteiger partial charge in [0.1, 0.15) is 11.6 Å². The summed E-state index contributed by atoms with van der Waals surface area (Å²) in [5, 5.41) is 0.589. The van der Waals surface area contributed by atoms with E-state index >= 15 is 0 Å². The number of nitrogens with zero attached hydrogens (tertiary/aromatic N) is 2. The van der Waals surface area contributed by atoms with E-state index in [0.29, 0.717) is 22.0 Å². The Morgan fingerprint density at radius 1 is 0.913 bits per heavy atom. The normalized spacial score (nSPS) is 11.6. The van der Waals surface area contributed by atoms with Crippen LogP contribution in [0, 0.1) is 0 Å². The van der Waals surface area contributed by atoms with E-state index in [1.807, 2.05) is 0 Å². The second kappa shape index (κ2) is 5.31. The monoisotopic (exact) mass is 320 g/mol. The van der Waals surface area contributed by atoms with Crippen LogP contribution in [0.4, 0.5) is 24.9 Å². The van der Waals surface area contributed by atoms with Gasteiger partial charge in [0.05, 0.1) is 10.9 Å². The molecule has 1 aromatic heterocycles. The molecule has 0 bridgehead atoms. The molecular weight excluding hydrogens is 309 g/mol. The highest BCUT2D eigenvalue weighted by molar-refractivity contribution is 6.01. The highest BCUT2D eigenvalue weighted by Crippen LogP contribution is 2.33. The molecule has 0 saturated carbocycles. The third-order valence-corrected chi connectivity index (χ3v) is 3.17. The van der Waals surface area contributed by atoms with Gasteiger partial charge in [0, 0.05) is 0 Å². The number of rotatable bonds is 2. The first-order valence-corrected chi connectivity index (χ1v) is 6.51. The average molecular weight is 320 g/mol. The van der Waals surface area contributed by atoms with Gasteiger partial charge in [0.2, 0.25) is 5.95 Å². The number of alkyl halides is 3. The van der Waals surface area contributed by atoms with Crippen molar-refractivity contribution in [3.05, 3.63) is 42.5 Å². The van der Waals surface area contributed by atoms with Crippen LogP contribution in [-0.4, -0.2) is 16.3 Å². The molecule has 2 aromatic carbocycles. The summed E-state index contributed by atoms with van der Waals surface area (Å²) in [5.74, 6) is -0.0326. The molecule has 5 nitrogen and oxygen atoms in total. The van der Waals surface area contributed by atoms with Crippen molar-refractivity contribution in [2.45, 2.75) is 6.36 Å². The summed E-state index contributed by atoms with van der Waals surface area (Å²) in [6.45, 7) is 0. The van der Waals surface area contributed by atoms with Crippen molar-refractivity contribution < 1.29 is 17.9 Å². The summed E-state index contributed by atoms with van der Waals surface area (Å²) in [6, 6.07) is 10.7. The van der Waals surface area contributed by atoms with E-state index in [0.717, 1.165) is 0 Å². The van der Waals surface area contributed by atoms with Crippen molar-refractivity contribution in [3.63, 3.8) is 0 Å². The zero-order valence-electron chi connectivity index (χ0n) is 11.6. The lowest BCUT2D eigenvalue weighted by Crippen LogP contribution is -2.16. The number of halogens is 3. The quantitative estimate of drug-likeness (QED) is 0.756. The van der Waals surface area contributed by atoms with Crippen LogP contribution in [0.15, 0.2) is 42.5 Å². The standard InChI is InChI=1S/C15H11F3N4O/c16-15(17,18)23-9-6-4-8(5-7-9)10-2-1-3-11-12(10)13(19)22-14(20)21-11/h1-7H,(H4,19,20,21,22). The Morgan fingerprint density at radius 3 is 2.26 bits per heavy atom. The van der Waals surface area contributed by atoms with Gasteiger partial charge in [-0.2, -0.15) is 4.98 Å². The Bertz CT molecular complexity index is 863. The van der Waals surface area contributed by atoms with Gasteiger partial charge >= 0.3 is 6.36 Å². The molecule has 0 spiro atoms. The SMILES string of the molecule is Nc1nc(N)c2c(-c3ccc(OC(F)(F)F)cc3)cccc2n1. The molecule has 0 fully saturated rings. The minimum atomic E-state index is -4.73. The number of aromatic nitrogens is 2. The molecule has 118 valence electrons. The number of hydrogen-bond acceptors (Lipinski definition) is 5. The Hall–Kier alpha value is -3.03. The Morgan fingerprint density at radius 2 is 1.61 bits per heavy atom. The van der Waals surface area contributed by atoms with Crippen molar-refractivity contribution in [1.82, 2.24) is 9.97 Å². The maximum Gasteiger partial charge on any atom is 0.573 e. The van der Waals surface area contributed by atoms with Crippen LogP contribution in [-0.2, 0) is 0 Å². The first kappa shape index (κ1) is 14.9. The number of ether oxygens (including phenoxy) is 1. The molecule has 0 amide bonds. The summed E-state index contributed by atoms with van der Waals surface area (Å²) in [6.07, 6.45) is -4.73. The average Bonchev–Trinajstić information content (AvgIpc) is 2.45. The fourth-order valence-electron chi connectivity index (χ4n) is 2.31. The molecular formula is C15H11F3N4O. The molecule has 8 heteroatoms. The lowest BCUT2D eigenvalue weighted by molar-refractivity contribution is -0.274. The van der Waals surface area contributed by atoms with Gasteiger partial charge in [-0.05, 0) is 29.3 Å². The van der Waals surface area contributed by atoms with E-state index in [1.54, 1.807) is 18.2 Å². The van der Waals surface area contributed by atoms with Gasteiger partial charge in [-0.1, -0.05) is 24.3 Å². The largest absolute Gasteiger partial charge is 0.573 e. The third kappa shape index (κ3) is 3.10. The van der Waals surface area contributed by atoms with E-state index in [-0.39, 0.29) is 17.5 Å². The van der Waals surface area contributed by atoms with Gasteiger partial charge in [0.25, 0.3) is 0 Å². The number of hydrogen-bond donors (Lipinski definition) is 2. The fraction of sp³-hybridized carbons (Fsp3) is 0.0667. The first-order valence-electron chi connectivity index (χ1n) is 6.51. The van der Waals surface area contributed by atoms with Crippen LogP contribution in [0.3, 0.4) is 0 Å². The van der Waals surface area contributed by atoms with Crippen molar-refractivity contribution in [3.8, 4) is 16.9 Å².